The summed E-state index contributed by atoms with van der Waals surface area (Å²) >= 11 is 0. The molecule has 13 heteroatoms. The first-order valence-electron chi connectivity index (χ1n) is 11.8. The molecule has 0 saturated heterocycles. The highest BCUT2D eigenvalue weighted by Gasteiger charge is 2.67. The molecule has 0 aliphatic heterocycles. The first kappa shape index (κ1) is 27.3. The lowest BCUT2D eigenvalue weighted by atomic mass is 9.55. The molecular formula is C25H30N4O9. The van der Waals surface area contributed by atoms with E-state index in [1.165, 1.54) is 31.1 Å². The van der Waals surface area contributed by atoms with Gasteiger partial charge in [0.1, 0.15) is 17.1 Å². The smallest absolute Gasteiger partial charge is 0.255 e. The number of carbonyl (C=O) groups excluding carboxylic acids is 4. The van der Waals surface area contributed by atoms with Crippen molar-refractivity contribution in [2.75, 3.05) is 33.0 Å². The molecule has 0 saturated carbocycles. The average Bonchev–Trinajstić information content (AvgIpc) is 2.82. The van der Waals surface area contributed by atoms with Gasteiger partial charge in [0, 0.05) is 11.5 Å². The van der Waals surface area contributed by atoms with Crippen LogP contribution < -0.4 is 16.4 Å². The van der Waals surface area contributed by atoms with Crippen LogP contribution in [0, 0.1) is 11.8 Å². The highest BCUT2D eigenvalue weighted by Crippen LogP contribution is 2.55. The lowest BCUT2D eigenvalue weighted by Gasteiger charge is -2.53. The van der Waals surface area contributed by atoms with Gasteiger partial charge < -0.3 is 41.9 Å². The Kier molecular flexibility index (Phi) is 6.60. The van der Waals surface area contributed by atoms with Crippen molar-refractivity contribution in [1.82, 2.24) is 10.2 Å². The summed E-state index contributed by atoms with van der Waals surface area (Å²) < 4.78 is 0. The minimum absolute atomic E-state index is 0.0762. The molecule has 0 spiro atoms. The van der Waals surface area contributed by atoms with E-state index >= 15 is 0 Å². The Hall–Kier alpha value is -3.78. The number of aromatic hydroxyl groups is 1. The number of fused-ring (bicyclic) bond motifs is 3. The second-order valence-corrected chi connectivity index (χ2v) is 10.1. The molecule has 3 aliphatic rings. The Bertz CT molecular complexity index is 1330. The van der Waals surface area contributed by atoms with Gasteiger partial charge in [-0.15, -0.1) is 0 Å². The molecule has 13 nitrogen and oxygen atoms in total. The van der Waals surface area contributed by atoms with Gasteiger partial charge in [-0.3, -0.25) is 24.1 Å². The number of aliphatic hydroxyl groups is 4. The number of nitrogens with two attached hydrogens (primary N) is 1. The van der Waals surface area contributed by atoms with E-state index in [1.54, 1.807) is 14.0 Å². The summed E-state index contributed by atoms with van der Waals surface area (Å²) in [5.41, 5.74) is 0.759. The van der Waals surface area contributed by atoms with Crippen LogP contribution in [-0.4, -0.2) is 99.2 Å². The minimum atomic E-state index is -2.99. The van der Waals surface area contributed by atoms with E-state index in [4.69, 9.17) is 5.73 Å². The molecule has 6 atom stereocenters. The SMILES string of the molecule is CNCC(=O)Nc1ccc2c(c1O)C(=O)C1=C(O)C3(O)C(=O)C(C(N)=O)=C(O)[C@@H](N(C)C)C3C(O)C1C2C. The van der Waals surface area contributed by atoms with Crippen molar-refractivity contribution < 1.29 is 44.7 Å². The van der Waals surface area contributed by atoms with Gasteiger partial charge in [0.2, 0.25) is 11.7 Å². The van der Waals surface area contributed by atoms with Crippen molar-refractivity contribution in [1.29, 1.82) is 0 Å². The second-order valence-electron chi connectivity index (χ2n) is 10.1. The summed E-state index contributed by atoms with van der Waals surface area (Å²) in [6.45, 7) is 1.54. The number of likely N-dealkylation sites (N-methyl/N-ethyl adjacent to an activating group) is 2. The highest BCUT2D eigenvalue weighted by molar-refractivity contribution is 6.25. The van der Waals surface area contributed by atoms with Crippen LogP contribution in [0.5, 0.6) is 5.75 Å². The van der Waals surface area contributed by atoms with Gasteiger partial charge in [-0.05, 0) is 38.7 Å². The van der Waals surface area contributed by atoms with Gasteiger partial charge in [0.15, 0.2) is 17.1 Å². The minimum Gasteiger partial charge on any atom is -0.510 e. The largest absolute Gasteiger partial charge is 0.510 e. The number of Topliss-reactive ketones (excluding diaryl/α,β-unsaturated/α-hetero) is 2. The van der Waals surface area contributed by atoms with Crippen molar-refractivity contribution in [3.63, 3.8) is 0 Å². The number of rotatable bonds is 5. The van der Waals surface area contributed by atoms with Crippen molar-refractivity contribution >= 4 is 29.1 Å². The van der Waals surface area contributed by atoms with Crippen LogP contribution in [0.2, 0.25) is 0 Å². The van der Waals surface area contributed by atoms with Gasteiger partial charge in [-0.25, -0.2) is 0 Å². The Morgan fingerprint density at radius 2 is 1.79 bits per heavy atom. The highest BCUT2D eigenvalue weighted by atomic mass is 16.4. The van der Waals surface area contributed by atoms with Crippen LogP contribution in [-0.2, 0) is 14.4 Å². The first-order valence-corrected chi connectivity index (χ1v) is 11.8. The number of aliphatic hydroxyl groups excluding tert-OH is 3. The number of hydrogen-bond acceptors (Lipinski definition) is 11. The zero-order valence-corrected chi connectivity index (χ0v) is 21.1. The predicted octanol–water partition coefficient (Wildman–Crippen LogP) is -1.19. The molecule has 9 N–H and O–H groups in total. The Morgan fingerprint density at radius 3 is 2.34 bits per heavy atom. The third-order valence-corrected chi connectivity index (χ3v) is 7.74. The molecule has 0 heterocycles. The number of amides is 2. The summed E-state index contributed by atoms with van der Waals surface area (Å²) in [5.74, 6) is -10.3. The summed E-state index contributed by atoms with van der Waals surface area (Å²) in [7, 11) is 4.47. The van der Waals surface area contributed by atoms with Crippen LogP contribution in [0.25, 0.3) is 0 Å². The van der Waals surface area contributed by atoms with E-state index < -0.39 is 87.3 Å². The summed E-state index contributed by atoms with van der Waals surface area (Å²) in [5, 5.41) is 61.5. The van der Waals surface area contributed by atoms with Crippen LogP contribution in [0.15, 0.2) is 34.8 Å². The standard InChI is InChI=1S/C25H30N4O9/c1-8-9-5-6-10(28-11(30)7-27-2)18(31)13(9)19(32)14-12(8)20(33)16-17(29(3)4)21(34)15(24(26)37)23(36)25(16,38)22(14)35/h5-6,8,12,16-17,20,27,31,33-35,38H,7H2,1-4H3,(H2,26,37)(H,28,30)/t8?,12?,16?,17-,20?,25?/m0/s1. The number of benzene rings is 1. The number of nitrogens with one attached hydrogen (secondary N) is 2. The second kappa shape index (κ2) is 9.20. The molecule has 0 aromatic heterocycles. The normalized spacial score (nSPS) is 30.7. The molecular weight excluding hydrogens is 500 g/mol. The Balaban J connectivity index is 1.96. The van der Waals surface area contributed by atoms with E-state index in [1.807, 2.05) is 0 Å². The predicted molar refractivity (Wildman–Crippen MR) is 132 cm³/mol. The van der Waals surface area contributed by atoms with Gasteiger partial charge >= 0.3 is 0 Å². The fraction of sp³-hybridized carbons (Fsp3) is 0.440. The lowest BCUT2D eigenvalue weighted by Crippen LogP contribution is -2.68. The number of carbonyl (C=O) groups is 4. The Morgan fingerprint density at radius 1 is 1.16 bits per heavy atom. The number of hydrogen-bond donors (Lipinski definition) is 8. The van der Waals surface area contributed by atoms with Crippen LogP contribution >= 0.6 is 0 Å². The van der Waals surface area contributed by atoms with Gasteiger partial charge in [-0.1, -0.05) is 13.0 Å². The third kappa shape index (κ3) is 3.54. The molecule has 0 bridgehead atoms. The van der Waals surface area contributed by atoms with Crippen molar-refractivity contribution in [2.45, 2.75) is 30.6 Å². The maximum Gasteiger partial charge on any atom is 0.255 e. The van der Waals surface area contributed by atoms with Crippen LogP contribution in [0.4, 0.5) is 5.69 Å². The molecule has 0 radical (unpaired) electrons. The fourth-order valence-electron chi connectivity index (χ4n) is 6.08. The fourth-order valence-corrected chi connectivity index (χ4v) is 6.08. The van der Waals surface area contributed by atoms with Crippen LogP contribution in [0.3, 0.4) is 0 Å². The number of ketones is 2. The van der Waals surface area contributed by atoms with Gasteiger partial charge in [0.05, 0.1) is 35.9 Å². The first-order chi connectivity index (χ1) is 17.7. The molecule has 38 heavy (non-hydrogen) atoms. The van der Waals surface area contributed by atoms with E-state index in [-0.39, 0.29) is 17.8 Å². The van der Waals surface area contributed by atoms with Crippen molar-refractivity contribution in [3.8, 4) is 5.75 Å². The molecule has 1 aromatic rings. The van der Waals surface area contributed by atoms with E-state index in [0.717, 1.165) is 0 Å². The zero-order valence-electron chi connectivity index (χ0n) is 21.1. The average molecular weight is 531 g/mol. The van der Waals surface area contributed by atoms with E-state index in [2.05, 4.69) is 10.6 Å². The molecule has 0 fully saturated rings. The Labute approximate surface area is 217 Å². The number of nitrogens with zero attached hydrogens (tertiary/aromatic N) is 1. The maximum absolute atomic E-state index is 13.8. The molecule has 1 aromatic carbocycles. The summed E-state index contributed by atoms with van der Waals surface area (Å²) in [6.07, 6.45) is -1.68. The number of phenols is 1. The van der Waals surface area contributed by atoms with Crippen LogP contribution in [0.1, 0.15) is 28.8 Å². The monoisotopic (exact) mass is 530 g/mol. The summed E-state index contributed by atoms with van der Waals surface area (Å²) in [6, 6.07) is 1.55. The maximum atomic E-state index is 13.8. The molecule has 3 aliphatic carbocycles. The third-order valence-electron chi connectivity index (χ3n) is 7.74. The van der Waals surface area contributed by atoms with E-state index in [0.29, 0.717) is 5.56 Å². The van der Waals surface area contributed by atoms with E-state index in [9.17, 15) is 44.7 Å². The zero-order chi connectivity index (χ0) is 28.4. The number of primary amides is 1. The van der Waals surface area contributed by atoms with Crippen molar-refractivity contribution in [2.24, 2.45) is 17.6 Å². The van der Waals surface area contributed by atoms with Gasteiger partial charge in [-0.2, -0.15) is 0 Å². The number of anilines is 1. The summed E-state index contributed by atoms with van der Waals surface area (Å²) in [4.78, 5) is 52.6. The topological polar surface area (TPSA) is 223 Å². The lowest BCUT2D eigenvalue weighted by molar-refractivity contribution is -0.162. The quantitative estimate of drug-likeness (QED) is 0.167. The molecule has 4 rings (SSSR count). The van der Waals surface area contributed by atoms with Gasteiger partial charge in [0.25, 0.3) is 5.91 Å². The molecule has 204 valence electrons. The molecule has 2 amide bonds. The van der Waals surface area contributed by atoms with Crippen molar-refractivity contribution in [3.05, 3.63) is 45.9 Å². The molecule has 5 unspecified atom stereocenters. The number of phenolic OH excluding ortho intramolecular Hbond substituents is 1.